The monoisotopic (exact) mass is 732 g/mol. The van der Waals surface area contributed by atoms with Crippen molar-refractivity contribution in [1.29, 1.82) is 0 Å². The van der Waals surface area contributed by atoms with Crippen molar-refractivity contribution in [3.05, 3.63) is 169 Å². The van der Waals surface area contributed by atoms with Crippen LogP contribution in [0.3, 0.4) is 0 Å². The normalized spacial score (nSPS) is 12.2. The van der Waals surface area contributed by atoms with E-state index in [1.807, 2.05) is 67.6 Å². The molecular weight excluding hydrogens is 697 g/mol. The van der Waals surface area contributed by atoms with Gasteiger partial charge in [-0.15, -0.1) is 0 Å². The van der Waals surface area contributed by atoms with E-state index in [1.54, 1.807) is 97.1 Å². The molecule has 0 atom stereocenters. The summed E-state index contributed by atoms with van der Waals surface area (Å²) in [5, 5.41) is 31.7. The summed E-state index contributed by atoms with van der Waals surface area (Å²) in [7, 11) is 0. The number of carbonyl (C=O) groups excluding carboxylic acids is 2. The van der Waals surface area contributed by atoms with E-state index in [0.29, 0.717) is 34.2 Å². The largest absolute Gasteiger partial charge is 0.481 e. The summed E-state index contributed by atoms with van der Waals surface area (Å²) in [6.45, 7) is 1.94. The van der Waals surface area contributed by atoms with Crippen LogP contribution in [0.5, 0.6) is 11.5 Å². The van der Waals surface area contributed by atoms with Gasteiger partial charge in [-0.2, -0.15) is 20.5 Å². The molecule has 0 aliphatic carbocycles. The number of carboxylic acid groups (broad SMARTS) is 1. The van der Waals surface area contributed by atoms with Crippen LogP contribution in [0.1, 0.15) is 30.9 Å². The predicted molar refractivity (Wildman–Crippen MR) is 210 cm³/mol. The van der Waals surface area contributed by atoms with Gasteiger partial charge in [-0.25, -0.2) is 9.59 Å². The number of carbonyl (C=O) groups is 3. The first-order valence-electron chi connectivity index (χ1n) is 17.3. The van der Waals surface area contributed by atoms with Crippen LogP contribution >= 0.6 is 0 Å². The van der Waals surface area contributed by atoms with Gasteiger partial charge in [-0.1, -0.05) is 67.6 Å². The second-order valence-electron chi connectivity index (χ2n) is 12.5. The van der Waals surface area contributed by atoms with Crippen LogP contribution in [-0.4, -0.2) is 23.3 Å². The molecule has 3 N–H and O–H groups in total. The van der Waals surface area contributed by atoms with Gasteiger partial charge in [0.1, 0.15) is 11.5 Å². The minimum absolute atomic E-state index is 0.0867. The Morgan fingerprint density at radius 1 is 0.509 bits per heavy atom. The van der Waals surface area contributed by atoms with Gasteiger partial charge in [0.15, 0.2) is 0 Å². The Balaban J connectivity index is 1.05. The molecule has 0 aliphatic heterocycles. The van der Waals surface area contributed by atoms with E-state index in [0.717, 1.165) is 22.5 Å². The molecule has 6 aromatic rings. The maximum atomic E-state index is 12.7. The average Bonchev–Trinajstić information content (AvgIpc) is 3.20. The van der Waals surface area contributed by atoms with Crippen LogP contribution in [-0.2, 0) is 10.2 Å². The number of nitrogens with one attached hydrogen (secondary N) is 2. The third-order valence-electron chi connectivity index (χ3n) is 8.54. The Kier molecular flexibility index (Phi) is 12.1. The summed E-state index contributed by atoms with van der Waals surface area (Å²) in [6, 6.07) is 46.2. The van der Waals surface area contributed by atoms with Gasteiger partial charge in [0, 0.05) is 23.2 Å². The van der Waals surface area contributed by atoms with E-state index in [-0.39, 0.29) is 12.8 Å². The first-order chi connectivity index (χ1) is 26.7. The quantitative estimate of drug-likeness (QED) is 0.100. The van der Waals surface area contributed by atoms with Crippen molar-refractivity contribution in [2.75, 3.05) is 10.6 Å². The topological polar surface area (TPSA) is 163 Å². The fourth-order valence-electron chi connectivity index (χ4n) is 5.54. The van der Waals surface area contributed by atoms with Gasteiger partial charge in [0.05, 0.1) is 22.7 Å². The lowest BCUT2D eigenvalue weighted by molar-refractivity contribution is -0.137. The van der Waals surface area contributed by atoms with Crippen LogP contribution in [0, 0.1) is 0 Å². The highest BCUT2D eigenvalue weighted by Crippen LogP contribution is 2.38. The Morgan fingerprint density at radius 3 is 1.20 bits per heavy atom. The molecule has 0 aliphatic rings. The van der Waals surface area contributed by atoms with Gasteiger partial charge < -0.3 is 14.6 Å². The number of benzene rings is 6. The standard InChI is InChI=1S/C43H36N6O6/c1-43(29-28-40(50)51,30-12-24-38(25-13-30)54-41(52)44-32-16-20-36(21-17-32)48-46-34-8-4-2-5-9-34)31-14-26-39(27-15-31)55-42(53)45-33-18-22-37(23-19-33)49-47-35-10-6-3-7-11-35/h2-27H,28-29H2,1H3,(H,44,52)(H,45,53)(H,50,51). The van der Waals surface area contributed by atoms with Crippen molar-refractivity contribution in [2.24, 2.45) is 20.5 Å². The number of carboxylic acids is 1. The fraction of sp³-hybridized carbons (Fsp3) is 0.0930. The molecule has 0 radical (unpaired) electrons. The van der Waals surface area contributed by atoms with Crippen molar-refractivity contribution >= 4 is 52.3 Å². The average molecular weight is 733 g/mol. The van der Waals surface area contributed by atoms with Crippen molar-refractivity contribution in [2.45, 2.75) is 25.2 Å². The Bertz CT molecular complexity index is 2110. The van der Waals surface area contributed by atoms with Crippen molar-refractivity contribution in [1.82, 2.24) is 0 Å². The van der Waals surface area contributed by atoms with E-state index < -0.39 is 23.6 Å². The van der Waals surface area contributed by atoms with Crippen LogP contribution in [0.4, 0.5) is 43.7 Å². The number of ether oxygens (including phenoxy) is 2. The molecule has 0 fully saturated rings. The first-order valence-corrected chi connectivity index (χ1v) is 17.3. The summed E-state index contributed by atoms with van der Waals surface area (Å²) in [5.74, 6) is -0.328. The van der Waals surface area contributed by atoms with E-state index in [1.165, 1.54) is 0 Å². The number of anilines is 2. The zero-order chi connectivity index (χ0) is 38.5. The molecule has 0 saturated carbocycles. The second kappa shape index (κ2) is 17.8. The molecule has 0 spiro atoms. The Labute approximate surface area is 317 Å². The fourth-order valence-corrected chi connectivity index (χ4v) is 5.54. The molecule has 6 aromatic carbocycles. The maximum Gasteiger partial charge on any atom is 0.417 e. The van der Waals surface area contributed by atoms with Gasteiger partial charge in [-0.3, -0.25) is 15.4 Å². The number of nitrogens with zero attached hydrogens (tertiary/aromatic N) is 4. The van der Waals surface area contributed by atoms with Crippen molar-refractivity contribution in [3.63, 3.8) is 0 Å². The molecule has 274 valence electrons. The van der Waals surface area contributed by atoms with Gasteiger partial charge in [-0.05, 0) is 115 Å². The number of hydrogen-bond acceptors (Lipinski definition) is 9. The SMILES string of the molecule is CC(CCC(=O)O)(c1ccc(OC(=O)Nc2ccc(N=Nc3ccccc3)cc2)cc1)c1ccc(OC(=O)Nc2ccc(N=Nc3ccccc3)cc2)cc1. The number of amides is 2. The molecule has 6 rings (SSSR count). The summed E-state index contributed by atoms with van der Waals surface area (Å²) in [5.41, 5.74) is 4.62. The lowest BCUT2D eigenvalue weighted by atomic mass is 9.73. The molecule has 0 aromatic heterocycles. The van der Waals surface area contributed by atoms with Gasteiger partial charge in [0.2, 0.25) is 0 Å². The second-order valence-corrected chi connectivity index (χ2v) is 12.5. The number of rotatable bonds is 13. The molecular formula is C43H36N6O6. The summed E-state index contributed by atoms with van der Waals surface area (Å²) >= 11 is 0. The van der Waals surface area contributed by atoms with Crippen LogP contribution in [0.15, 0.2) is 178 Å². The molecule has 2 amide bonds. The molecule has 0 bridgehead atoms. The third kappa shape index (κ3) is 10.8. The van der Waals surface area contributed by atoms with Gasteiger partial charge in [0.25, 0.3) is 0 Å². The Hall–Kier alpha value is -7.47. The van der Waals surface area contributed by atoms with Gasteiger partial charge >= 0.3 is 18.2 Å². The highest BCUT2D eigenvalue weighted by atomic mass is 16.6. The zero-order valence-electron chi connectivity index (χ0n) is 29.7. The van der Waals surface area contributed by atoms with Crippen molar-refractivity contribution in [3.8, 4) is 11.5 Å². The molecule has 12 heteroatoms. The minimum Gasteiger partial charge on any atom is -0.481 e. The Morgan fingerprint density at radius 2 is 0.855 bits per heavy atom. The number of aliphatic carboxylic acids is 1. The van der Waals surface area contributed by atoms with E-state index in [9.17, 15) is 19.5 Å². The lowest BCUT2D eigenvalue weighted by Crippen LogP contribution is -2.25. The highest BCUT2D eigenvalue weighted by Gasteiger charge is 2.30. The third-order valence-corrected chi connectivity index (χ3v) is 8.54. The molecule has 12 nitrogen and oxygen atoms in total. The smallest absolute Gasteiger partial charge is 0.417 e. The number of hydrogen-bond donors (Lipinski definition) is 3. The van der Waals surface area contributed by atoms with Crippen LogP contribution < -0.4 is 20.1 Å². The zero-order valence-corrected chi connectivity index (χ0v) is 29.7. The van der Waals surface area contributed by atoms with E-state index >= 15 is 0 Å². The number of azo groups is 2. The van der Waals surface area contributed by atoms with E-state index in [4.69, 9.17) is 9.47 Å². The van der Waals surface area contributed by atoms with Crippen molar-refractivity contribution < 1.29 is 29.0 Å². The summed E-state index contributed by atoms with van der Waals surface area (Å²) in [4.78, 5) is 37.0. The molecule has 55 heavy (non-hydrogen) atoms. The summed E-state index contributed by atoms with van der Waals surface area (Å²) < 4.78 is 11.0. The van der Waals surface area contributed by atoms with E-state index in [2.05, 4.69) is 31.1 Å². The highest BCUT2D eigenvalue weighted by molar-refractivity contribution is 5.87. The minimum atomic E-state index is -0.931. The van der Waals surface area contributed by atoms with Crippen LogP contribution in [0.25, 0.3) is 0 Å². The molecule has 0 saturated heterocycles. The van der Waals surface area contributed by atoms with Crippen LogP contribution in [0.2, 0.25) is 0 Å². The lowest BCUT2D eigenvalue weighted by Gasteiger charge is -2.31. The molecule has 0 heterocycles. The first kappa shape index (κ1) is 37.3. The maximum absolute atomic E-state index is 12.7. The molecule has 0 unspecified atom stereocenters. The summed E-state index contributed by atoms with van der Waals surface area (Å²) in [6.07, 6.45) is -1.16. The predicted octanol–water partition coefficient (Wildman–Crippen LogP) is 11.9.